The van der Waals surface area contributed by atoms with E-state index in [9.17, 15) is 14.4 Å². The fourth-order valence-corrected chi connectivity index (χ4v) is 7.22. The molecule has 0 aromatic carbocycles. The number of hydrogen-bond acceptors (Lipinski definition) is 6. The molecular weight excluding hydrogens is 829 g/mol. The Bertz CT molecular complexity index is 1390. The Balaban J connectivity index is 4.44. The lowest BCUT2D eigenvalue weighted by atomic mass is 10.1. The number of allylic oxidation sites excluding steroid dienone is 18. The van der Waals surface area contributed by atoms with Crippen molar-refractivity contribution in [1.82, 2.24) is 0 Å². The van der Waals surface area contributed by atoms with Crippen LogP contribution in [0.1, 0.15) is 239 Å². The lowest BCUT2D eigenvalue weighted by Gasteiger charge is -2.18. The molecule has 6 nitrogen and oxygen atoms in total. The van der Waals surface area contributed by atoms with Gasteiger partial charge in [0, 0.05) is 19.3 Å². The molecule has 1 atom stereocenters. The summed E-state index contributed by atoms with van der Waals surface area (Å²) in [5.74, 6) is -0.940. The lowest BCUT2D eigenvalue weighted by molar-refractivity contribution is -0.167. The Morgan fingerprint density at radius 3 is 0.910 bits per heavy atom. The molecule has 0 spiro atoms. The molecular formula is C61H100O6. The molecule has 0 saturated carbocycles. The predicted octanol–water partition coefficient (Wildman–Crippen LogP) is 18.3. The van der Waals surface area contributed by atoms with E-state index in [2.05, 4.69) is 130 Å². The Kier molecular flexibility index (Phi) is 51.5. The zero-order chi connectivity index (χ0) is 48.6. The molecule has 67 heavy (non-hydrogen) atoms. The first-order valence-electron chi connectivity index (χ1n) is 27.4. The maximum atomic E-state index is 12.8. The van der Waals surface area contributed by atoms with Gasteiger partial charge in [-0.15, -0.1) is 0 Å². The topological polar surface area (TPSA) is 78.9 Å². The first-order chi connectivity index (χ1) is 33.0. The largest absolute Gasteiger partial charge is 0.462 e. The Labute approximate surface area is 412 Å². The Hall–Kier alpha value is -3.93. The first kappa shape index (κ1) is 63.1. The number of carbonyl (C=O) groups excluding carboxylic acids is 3. The zero-order valence-corrected chi connectivity index (χ0v) is 43.4. The first-order valence-corrected chi connectivity index (χ1v) is 27.4. The SMILES string of the molecule is CC/C=C\C/C=C\C/C=C\C/C=C\C/C=C\CCCCCCCC(=O)OCC(COC(=O)CCCCCCCCCCCCC)OC(=O)CCCCCC/C=C\C/C=C\C/C=C\C/C=C\CC. The van der Waals surface area contributed by atoms with Gasteiger partial charge in [0.25, 0.3) is 0 Å². The fourth-order valence-electron chi connectivity index (χ4n) is 7.22. The van der Waals surface area contributed by atoms with Crippen molar-refractivity contribution < 1.29 is 28.6 Å². The van der Waals surface area contributed by atoms with Gasteiger partial charge in [0.05, 0.1) is 0 Å². The van der Waals surface area contributed by atoms with E-state index in [1.165, 1.54) is 51.4 Å². The monoisotopic (exact) mass is 929 g/mol. The van der Waals surface area contributed by atoms with E-state index in [1.54, 1.807) is 0 Å². The molecule has 0 heterocycles. The summed E-state index contributed by atoms with van der Waals surface area (Å²) < 4.78 is 16.8. The van der Waals surface area contributed by atoms with Gasteiger partial charge in [0.2, 0.25) is 0 Å². The molecule has 0 rings (SSSR count). The minimum Gasteiger partial charge on any atom is -0.462 e. The number of rotatable bonds is 48. The number of esters is 3. The van der Waals surface area contributed by atoms with Crippen molar-refractivity contribution in [1.29, 1.82) is 0 Å². The van der Waals surface area contributed by atoms with Crippen molar-refractivity contribution >= 4 is 17.9 Å². The van der Waals surface area contributed by atoms with E-state index < -0.39 is 6.10 Å². The molecule has 0 saturated heterocycles. The van der Waals surface area contributed by atoms with Crippen molar-refractivity contribution in [2.75, 3.05) is 13.2 Å². The van der Waals surface area contributed by atoms with Crippen LogP contribution in [0.15, 0.2) is 109 Å². The van der Waals surface area contributed by atoms with Crippen LogP contribution < -0.4 is 0 Å². The molecule has 0 aromatic rings. The molecule has 380 valence electrons. The van der Waals surface area contributed by atoms with Gasteiger partial charge >= 0.3 is 17.9 Å². The lowest BCUT2D eigenvalue weighted by Crippen LogP contribution is -2.30. The van der Waals surface area contributed by atoms with Crippen molar-refractivity contribution in [3.05, 3.63) is 109 Å². The summed E-state index contributed by atoms with van der Waals surface area (Å²) in [4.78, 5) is 38.1. The van der Waals surface area contributed by atoms with Crippen LogP contribution in [0.3, 0.4) is 0 Å². The highest BCUT2D eigenvalue weighted by Crippen LogP contribution is 2.14. The summed E-state index contributed by atoms with van der Waals surface area (Å²) in [5.41, 5.74) is 0. The van der Waals surface area contributed by atoms with Crippen LogP contribution in [-0.4, -0.2) is 37.2 Å². The van der Waals surface area contributed by atoms with Gasteiger partial charge < -0.3 is 14.2 Å². The average molecular weight is 929 g/mol. The molecule has 0 bridgehead atoms. The van der Waals surface area contributed by atoms with E-state index in [0.717, 1.165) is 148 Å². The molecule has 0 radical (unpaired) electrons. The average Bonchev–Trinajstić information content (AvgIpc) is 3.33. The molecule has 0 aliphatic rings. The minimum absolute atomic E-state index is 0.0946. The number of unbranched alkanes of at least 4 members (excludes halogenated alkanes) is 19. The molecule has 0 aliphatic heterocycles. The molecule has 0 fully saturated rings. The maximum Gasteiger partial charge on any atom is 0.306 e. The highest BCUT2D eigenvalue weighted by molar-refractivity contribution is 5.71. The van der Waals surface area contributed by atoms with E-state index >= 15 is 0 Å². The van der Waals surface area contributed by atoms with Gasteiger partial charge in [-0.2, -0.15) is 0 Å². The summed E-state index contributed by atoms with van der Waals surface area (Å²) in [6.45, 7) is 6.36. The maximum absolute atomic E-state index is 12.8. The molecule has 0 aromatic heterocycles. The third kappa shape index (κ3) is 52.9. The Morgan fingerprint density at radius 2 is 0.582 bits per heavy atom. The third-order valence-corrected chi connectivity index (χ3v) is 11.3. The normalized spacial score (nSPS) is 12.9. The molecule has 0 amide bonds. The fraction of sp³-hybridized carbons (Fsp3) is 0.656. The molecule has 0 aliphatic carbocycles. The molecule has 1 unspecified atom stereocenters. The van der Waals surface area contributed by atoms with Gasteiger partial charge in [0.15, 0.2) is 6.10 Å². The number of carbonyl (C=O) groups is 3. The van der Waals surface area contributed by atoms with Crippen LogP contribution in [0.4, 0.5) is 0 Å². The molecule has 0 N–H and O–H groups in total. The van der Waals surface area contributed by atoms with E-state index in [0.29, 0.717) is 19.3 Å². The second-order valence-electron chi connectivity index (χ2n) is 17.7. The second kappa shape index (κ2) is 54.7. The van der Waals surface area contributed by atoms with E-state index in [1.807, 2.05) is 0 Å². The Morgan fingerprint density at radius 1 is 0.313 bits per heavy atom. The predicted molar refractivity (Wildman–Crippen MR) is 288 cm³/mol. The van der Waals surface area contributed by atoms with Crippen LogP contribution in [0.2, 0.25) is 0 Å². The van der Waals surface area contributed by atoms with Crippen LogP contribution in [0, 0.1) is 0 Å². The summed E-state index contributed by atoms with van der Waals surface area (Å²) in [6, 6.07) is 0. The zero-order valence-electron chi connectivity index (χ0n) is 43.4. The van der Waals surface area contributed by atoms with Crippen LogP contribution in [0.25, 0.3) is 0 Å². The van der Waals surface area contributed by atoms with Crippen molar-refractivity contribution in [3.8, 4) is 0 Å². The third-order valence-electron chi connectivity index (χ3n) is 11.3. The van der Waals surface area contributed by atoms with Crippen molar-refractivity contribution in [2.24, 2.45) is 0 Å². The standard InChI is InChI=1S/C61H100O6/c1-4-7-10-13-16-19-22-24-26-28-29-30-31-33-34-36-39-42-45-48-51-54-60(63)66-57-58(56-65-59(62)53-50-47-44-41-38-21-18-15-12-9-6-3)67-61(64)55-52-49-46-43-40-37-35-32-27-25-23-20-17-14-11-8-5-2/h7-8,10-11,16-17,19-20,24-27,29-30,33-35,37,58H,4-6,9,12-15,18,21-23,28,31-32,36,38-57H2,1-3H3/b10-7-,11-8-,19-16-,20-17-,26-24-,27-25-,30-29-,34-33-,37-35-. The quantitative estimate of drug-likeness (QED) is 0.0262. The summed E-state index contributed by atoms with van der Waals surface area (Å²) in [7, 11) is 0. The van der Waals surface area contributed by atoms with Crippen molar-refractivity contribution in [2.45, 2.75) is 245 Å². The van der Waals surface area contributed by atoms with Gasteiger partial charge in [-0.1, -0.05) is 226 Å². The highest BCUT2D eigenvalue weighted by Gasteiger charge is 2.19. The van der Waals surface area contributed by atoms with Crippen molar-refractivity contribution in [3.63, 3.8) is 0 Å². The summed E-state index contributed by atoms with van der Waals surface area (Å²) >= 11 is 0. The van der Waals surface area contributed by atoms with Gasteiger partial charge in [-0.3, -0.25) is 14.4 Å². The highest BCUT2D eigenvalue weighted by atomic mass is 16.6. The number of hydrogen-bond donors (Lipinski definition) is 0. The number of ether oxygens (including phenoxy) is 3. The summed E-state index contributed by atoms with van der Waals surface area (Å²) in [5, 5.41) is 0. The van der Waals surface area contributed by atoms with Gasteiger partial charge in [-0.25, -0.2) is 0 Å². The second-order valence-corrected chi connectivity index (χ2v) is 17.7. The minimum atomic E-state index is -0.799. The van der Waals surface area contributed by atoms with Crippen LogP contribution >= 0.6 is 0 Å². The molecule has 6 heteroatoms. The van der Waals surface area contributed by atoms with Crippen LogP contribution in [-0.2, 0) is 28.6 Å². The van der Waals surface area contributed by atoms with E-state index in [4.69, 9.17) is 14.2 Å². The van der Waals surface area contributed by atoms with E-state index in [-0.39, 0.29) is 31.1 Å². The smallest absolute Gasteiger partial charge is 0.306 e. The van der Waals surface area contributed by atoms with Crippen LogP contribution in [0.5, 0.6) is 0 Å². The van der Waals surface area contributed by atoms with Gasteiger partial charge in [-0.05, 0) is 103 Å². The van der Waals surface area contributed by atoms with Gasteiger partial charge in [0.1, 0.15) is 13.2 Å². The summed E-state index contributed by atoms with van der Waals surface area (Å²) in [6.07, 6.45) is 73.6.